The third kappa shape index (κ3) is 5.05. The normalized spacial score (nSPS) is 12.4. The number of rotatable bonds is 5. The van der Waals surface area contributed by atoms with Crippen LogP contribution >= 0.6 is 0 Å². The summed E-state index contributed by atoms with van der Waals surface area (Å²) in [6.07, 6.45) is 1.98. The van der Waals surface area contributed by atoms with Gasteiger partial charge in [-0.2, -0.15) is 5.26 Å². The maximum Gasteiger partial charge on any atom is 0.146 e. The minimum atomic E-state index is 0.566. The number of nitriles is 1. The van der Waals surface area contributed by atoms with Gasteiger partial charge in [0.05, 0.1) is 44.6 Å². The van der Waals surface area contributed by atoms with Crippen molar-refractivity contribution in [3.8, 4) is 45.4 Å². The topological polar surface area (TPSA) is 51.5 Å². The zero-order chi connectivity index (χ0) is 50.2. The minimum Gasteiger partial charge on any atom is -0.307 e. The molecule has 0 fully saturated rings. The highest BCUT2D eigenvalue weighted by Gasteiger charge is 2.35. The van der Waals surface area contributed by atoms with Crippen LogP contribution in [0.1, 0.15) is 5.56 Å². The van der Waals surface area contributed by atoms with E-state index in [1.54, 1.807) is 0 Å². The van der Waals surface area contributed by atoms with Gasteiger partial charge in [0, 0.05) is 49.6 Å². The number of aromatic nitrogens is 4. The number of benzene rings is 14. The molecular weight excluding hydrogens is 935 g/mol. The first kappa shape index (κ1) is 40.9. The van der Waals surface area contributed by atoms with Gasteiger partial charge in [0.25, 0.3) is 0 Å². The maximum atomic E-state index is 12.8. The summed E-state index contributed by atoms with van der Waals surface area (Å²) >= 11 is 0. The summed E-state index contributed by atoms with van der Waals surface area (Å²) in [5.74, 6) is 0. The van der Waals surface area contributed by atoms with Gasteiger partial charge >= 0.3 is 0 Å². The lowest BCUT2D eigenvalue weighted by Gasteiger charge is -2.28. The van der Waals surface area contributed by atoms with Crippen LogP contribution in [0.4, 0.5) is 0 Å². The van der Waals surface area contributed by atoms with Crippen molar-refractivity contribution in [1.82, 2.24) is 18.7 Å². The lowest BCUT2D eigenvalue weighted by Crippen LogP contribution is -2.13. The molecule has 18 aromatic rings. The van der Waals surface area contributed by atoms with Crippen LogP contribution in [-0.4, -0.2) is 18.7 Å². The number of pyridine rings is 1. The van der Waals surface area contributed by atoms with Crippen LogP contribution in [0.3, 0.4) is 0 Å². The Balaban J connectivity index is 1.17. The summed E-state index contributed by atoms with van der Waals surface area (Å²) in [6, 6.07) is 86.9. The standard InChI is InChI=1S/C72H39N5/c73-40-55-69(75-56-33-13-28-49-43-22-7-8-23-44(43)50-29-14-34-57(75)64(50)63(49)56)61(41-18-3-1-4-19-41)71(77-60-37-17-32-53-47-26-11-12-27-48(47)54-38-39-74-72(77)68(54)67(53)60)62(42-20-5-2-6-21-42)70(55)76-58-35-15-30-51-45-24-9-10-25-46(45)52-31-16-36-59(76)66(52)65(51)58/h1-39H. The Morgan fingerprint density at radius 2 is 0.571 bits per heavy atom. The molecule has 0 saturated carbocycles. The molecule has 4 aromatic heterocycles. The highest BCUT2D eigenvalue weighted by molar-refractivity contribution is 6.37. The molecule has 0 N–H and O–H groups in total. The van der Waals surface area contributed by atoms with Crippen molar-refractivity contribution in [2.24, 2.45) is 0 Å². The van der Waals surface area contributed by atoms with Crippen molar-refractivity contribution in [3.05, 3.63) is 242 Å². The molecule has 0 unspecified atom stereocenters. The second kappa shape index (κ2) is 14.8. The van der Waals surface area contributed by atoms with Gasteiger partial charge in [-0.1, -0.05) is 194 Å². The fourth-order valence-corrected chi connectivity index (χ4v) is 14.3. The zero-order valence-corrected chi connectivity index (χ0v) is 41.3. The Morgan fingerprint density at radius 3 is 0.922 bits per heavy atom. The number of hydrogen-bond donors (Lipinski definition) is 0. The minimum absolute atomic E-state index is 0.566. The molecular formula is C72H39N5. The van der Waals surface area contributed by atoms with E-state index in [2.05, 4.69) is 250 Å². The van der Waals surface area contributed by atoms with Gasteiger partial charge in [-0.3, -0.25) is 4.57 Å². The van der Waals surface area contributed by atoms with Gasteiger partial charge in [0.15, 0.2) is 0 Å². The summed E-state index contributed by atoms with van der Waals surface area (Å²) < 4.78 is 7.34. The van der Waals surface area contributed by atoms with Crippen LogP contribution in [0.25, 0.3) is 169 Å². The molecule has 0 bridgehead atoms. The second-order valence-corrected chi connectivity index (χ2v) is 20.7. The number of nitrogens with zero attached hydrogens (tertiary/aromatic N) is 5. The lowest BCUT2D eigenvalue weighted by molar-refractivity contribution is 1.08. The van der Waals surface area contributed by atoms with E-state index in [9.17, 15) is 5.26 Å². The molecule has 0 aliphatic rings. The Morgan fingerprint density at radius 1 is 0.273 bits per heavy atom. The molecule has 0 atom stereocenters. The molecule has 14 aromatic carbocycles. The molecule has 0 aliphatic heterocycles. The summed E-state index contributed by atoms with van der Waals surface area (Å²) in [5, 5.41) is 34.1. The van der Waals surface area contributed by atoms with E-state index in [0.717, 1.165) is 83.3 Å². The van der Waals surface area contributed by atoms with Gasteiger partial charge in [0.1, 0.15) is 17.3 Å². The molecule has 0 aliphatic carbocycles. The van der Waals surface area contributed by atoms with Crippen molar-refractivity contribution in [1.29, 1.82) is 5.26 Å². The SMILES string of the molecule is N#Cc1c(-n2c3cccc4c5ccccc5c5cccc2c5c43)c(-c2ccccc2)c(-n2c3cccc4c5ccccc5c5ccnc2c5c43)c(-c2ccccc2)c1-n1c2cccc3c4ccccc4c4cccc1c4c32. The first-order valence-electron chi connectivity index (χ1n) is 26.4. The summed E-state index contributed by atoms with van der Waals surface area (Å²) in [5.41, 5.74) is 13.0. The predicted molar refractivity (Wildman–Crippen MR) is 321 cm³/mol. The highest BCUT2D eigenvalue weighted by Crippen LogP contribution is 2.55. The third-order valence-corrected chi connectivity index (χ3v) is 17.2. The smallest absolute Gasteiger partial charge is 0.146 e. The number of fused-ring (bicyclic) bond motifs is 9. The van der Waals surface area contributed by atoms with E-state index >= 15 is 0 Å². The summed E-state index contributed by atoms with van der Waals surface area (Å²) in [7, 11) is 0. The van der Waals surface area contributed by atoms with E-state index < -0.39 is 0 Å². The van der Waals surface area contributed by atoms with Crippen LogP contribution in [0, 0.1) is 11.3 Å². The van der Waals surface area contributed by atoms with Crippen molar-refractivity contribution in [3.63, 3.8) is 0 Å². The largest absolute Gasteiger partial charge is 0.307 e. The maximum absolute atomic E-state index is 12.8. The van der Waals surface area contributed by atoms with Gasteiger partial charge < -0.3 is 9.13 Å². The Bertz CT molecular complexity index is 5070. The second-order valence-electron chi connectivity index (χ2n) is 20.7. The van der Waals surface area contributed by atoms with E-state index in [0.29, 0.717) is 5.56 Å². The molecule has 4 heterocycles. The zero-order valence-electron chi connectivity index (χ0n) is 41.3. The fourth-order valence-electron chi connectivity index (χ4n) is 14.3. The van der Waals surface area contributed by atoms with Gasteiger partial charge in [0.2, 0.25) is 0 Å². The molecule has 5 nitrogen and oxygen atoms in total. The van der Waals surface area contributed by atoms with E-state index in [1.165, 1.54) is 86.2 Å². The Kier molecular flexibility index (Phi) is 7.87. The van der Waals surface area contributed by atoms with E-state index in [4.69, 9.17) is 4.98 Å². The first-order chi connectivity index (χ1) is 38.3. The van der Waals surface area contributed by atoms with Gasteiger partial charge in [-0.05, 0) is 112 Å². The predicted octanol–water partition coefficient (Wildman–Crippen LogP) is 18.8. The monoisotopic (exact) mass is 973 g/mol. The lowest BCUT2D eigenvalue weighted by atomic mass is 9.88. The van der Waals surface area contributed by atoms with Crippen molar-refractivity contribution >= 4 is 130 Å². The van der Waals surface area contributed by atoms with Crippen LogP contribution in [-0.2, 0) is 0 Å². The van der Waals surface area contributed by atoms with E-state index in [1.807, 2.05) is 6.20 Å². The van der Waals surface area contributed by atoms with Crippen LogP contribution in [0.15, 0.2) is 237 Å². The average molecular weight is 974 g/mol. The van der Waals surface area contributed by atoms with Gasteiger partial charge in [-0.25, -0.2) is 4.98 Å². The van der Waals surface area contributed by atoms with Gasteiger partial charge in [-0.15, -0.1) is 0 Å². The quantitative estimate of drug-likeness (QED) is 0.161. The fraction of sp³-hybridized carbons (Fsp3) is 0. The highest BCUT2D eigenvalue weighted by atomic mass is 15.1. The Hall–Kier alpha value is -10.5. The third-order valence-electron chi connectivity index (χ3n) is 17.2. The summed E-state index contributed by atoms with van der Waals surface area (Å²) in [4.78, 5) is 5.49. The van der Waals surface area contributed by atoms with Crippen LogP contribution in [0.5, 0.6) is 0 Å². The molecule has 5 heteroatoms. The van der Waals surface area contributed by atoms with Crippen LogP contribution in [0.2, 0.25) is 0 Å². The van der Waals surface area contributed by atoms with Crippen molar-refractivity contribution in [2.75, 3.05) is 0 Å². The van der Waals surface area contributed by atoms with Crippen LogP contribution < -0.4 is 0 Å². The van der Waals surface area contributed by atoms with Crippen molar-refractivity contribution in [2.45, 2.75) is 0 Å². The summed E-state index contributed by atoms with van der Waals surface area (Å²) in [6.45, 7) is 0. The number of hydrogen-bond acceptors (Lipinski definition) is 2. The molecule has 0 spiro atoms. The molecule has 0 saturated heterocycles. The van der Waals surface area contributed by atoms with E-state index in [-0.39, 0.29) is 0 Å². The molecule has 18 rings (SSSR count). The molecule has 352 valence electrons. The molecule has 77 heavy (non-hydrogen) atoms. The van der Waals surface area contributed by atoms with Crippen molar-refractivity contribution < 1.29 is 0 Å². The average Bonchev–Trinajstić information content (AvgIpc) is 4.32. The molecule has 0 amide bonds. The Labute approximate surface area is 439 Å². The first-order valence-corrected chi connectivity index (χ1v) is 26.4. The molecule has 0 radical (unpaired) electrons.